The summed E-state index contributed by atoms with van der Waals surface area (Å²) in [6.07, 6.45) is 3.42. The summed E-state index contributed by atoms with van der Waals surface area (Å²) in [5.74, 6) is 0. The minimum Gasteiger partial charge on any atom is -0.324 e. The third-order valence-corrected chi connectivity index (χ3v) is 3.06. The highest BCUT2D eigenvalue weighted by Gasteiger charge is 2.07. The van der Waals surface area contributed by atoms with Gasteiger partial charge in [0.1, 0.15) is 0 Å². The minimum absolute atomic E-state index is 0.0703. The molecule has 0 spiro atoms. The maximum absolute atomic E-state index is 12.0. The number of carbonyl (C=O) groups excluding carboxylic acids is 1. The second kappa shape index (κ2) is 6.41. The zero-order valence-electron chi connectivity index (χ0n) is 12.5. The minimum atomic E-state index is -0.305. The Kier molecular flexibility index (Phi) is 4.59. The third kappa shape index (κ3) is 4.06. The molecule has 0 aliphatic rings. The number of benzene rings is 1. The molecule has 6 heteroatoms. The molecular weight excluding hydrogens is 266 g/mol. The van der Waals surface area contributed by atoms with Crippen LogP contribution in [0.15, 0.2) is 36.7 Å². The van der Waals surface area contributed by atoms with Crippen molar-refractivity contribution < 1.29 is 4.79 Å². The van der Waals surface area contributed by atoms with Crippen molar-refractivity contribution in [3.63, 3.8) is 0 Å². The molecule has 0 aliphatic carbocycles. The van der Waals surface area contributed by atoms with Crippen LogP contribution in [-0.2, 0) is 0 Å². The van der Waals surface area contributed by atoms with E-state index >= 15 is 0 Å². The molecule has 0 aliphatic heterocycles. The number of amides is 2. The van der Waals surface area contributed by atoms with E-state index in [4.69, 9.17) is 5.73 Å². The van der Waals surface area contributed by atoms with E-state index in [1.54, 1.807) is 17.1 Å². The SMILES string of the molecule is CC(N)c1cccc(NC(=O)Nc2cnn(C(C)C)c2)c1. The lowest BCUT2D eigenvalue weighted by molar-refractivity contribution is 0.262. The summed E-state index contributed by atoms with van der Waals surface area (Å²) in [6.45, 7) is 5.95. The van der Waals surface area contributed by atoms with Crippen LogP contribution in [0.4, 0.5) is 16.2 Å². The lowest BCUT2D eigenvalue weighted by Gasteiger charge is -2.10. The molecule has 1 aromatic carbocycles. The van der Waals surface area contributed by atoms with Gasteiger partial charge in [0.2, 0.25) is 0 Å². The maximum atomic E-state index is 12.0. The van der Waals surface area contributed by atoms with Crippen molar-refractivity contribution in [3.8, 4) is 0 Å². The predicted molar refractivity (Wildman–Crippen MR) is 84.3 cm³/mol. The highest BCUT2D eigenvalue weighted by Crippen LogP contribution is 2.16. The van der Waals surface area contributed by atoms with Gasteiger partial charge in [-0.05, 0) is 38.5 Å². The molecule has 2 aromatic rings. The number of carbonyl (C=O) groups is 1. The molecule has 6 nitrogen and oxygen atoms in total. The van der Waals surface area contributed by atoms with Crippen molar-refractivity contribution >= 4 is 17.4 Å². The number of urea groups is 1. The summed E-state index contributed by atoms with van der Waals surface area (Å²) in [7, 11) is 0. The van der Waals surface area contributed by atoms with Crippen LogP contribution >= 0.6 is 0 Å². The molecular formula is C15H21N5O. The Balaban J connectivity index is 1.99. The molecule has 2 rings (SSSR count). The summed E-state index contributed by atoms with van der Waals surface area (Å²) in [4.78, 5) is 12.0. The quantitative estimate of drug-likeness (QED) is 0.807. The van der Waals surface area contributed by atoms with E-state index in [9.17, 15) is 4.79 Å². The number of anilines is 2. The number of nitrogens with zero attached hydrogens (tertiary/aromatic N) is 2. The summed E-state index contributed by atoms with van der Waals surface area (Å²) in [6, 6.07) is 7.36. The van der Waals surface area contributed by atoms with Crippen LogP contribution in [-0.4, -0.2) is 15.8 Å². The van der Waals surface area contributed by atoms with E-state index in [0.717, 1.165) is 5.56 Å². The first-order valence-electron chi connectivity index (χ1n) is 6.93. The standard InChI is InChI=1S/C15H21N5O/c1-10(2)20-9-14(8-17-20)19-15(21)18-13-6-4-5-12(7-13)11(3)16/h4-11H,16H2,1-3H3,(H2,18,19,21). The lowest BCUT2D eigenvalue weighted by atomic mass is 10.1. The Labute approximate surface area is 124 Å². The van der Waals surface area contributed by atoms with E-state index in [1.165, 1.54) is 0 Å². The molecule has 112 valence electrons. The van der Waals surface area contributed by atoms with Gasteiger partial charge in [0, 0.05) is 24.0 Å². The molecule has 21 heavy (non-hydrogen) atoms. The summed E-state index contributed by atoms with van der Waals surface area (Å²) in [5, 5.41) is 9.70. The number of nitrogens with one attached hydrogen (secondary N) is 2. The van der Waals surface area contributed by atoms with Crippen molar-refractivity contribution in [2.24, 2.45) is 5.73 Å². The van der Waals surface area contributed by atoms with Crippen LogP contribution in [0.5, 0.6) is 0 Å². The van der Waals surface area contributed by atoms with E-state index in [0.29, 0.717) is 11.4 Å². The summed E-state index contributed by atoms with van der Waals surface area (Å²) >= 11 is 0. The third-order valence-electron chi connectivity index (χ3n) is 3.06. The first-order valence-corrected chi connectivity index (χ1v) is 6.93. The average molecular weight is 287 g/mol. The molecule has 2 amide bonds. The molecule has 1 aromatic heterocycles. The summed E-state index contributed by atoms with van der Waals surface area (Å²) < 4.78 is 1.78. The predicted octanol–water partition coefficient (Wildman–Crippen LogP) is 3.13. The maximum Gasteiger partial charge on any atom is 0.323 e. The van der Waals surface area contributed by atoms with Gasteiger partial charge in [-0.25, -0.2) is 4.79 Å². The van der Waals surface area contributed by atoms with Crippen molar-refractivity contribution in [1.82, 2.24) is 9.78 Å². The number of hydrogen-bond donors (Lipinski definition) is 3. The van der Waals surface area contributed by atoms with Gasteiger partial charge < -0.3 is 16.4 Å². The number of hydrogen-bond acceptors (Lipinski definition) is 3. The second-order valence-electron chi connectivity index (χ2n) is 5.30. The van der Waals surface area contributed by atoms with E-state index in [-0.39, 0.29) is 18.1 Å². The Morgan fingerprint density at radius 1 is 1.24 bits per heavy atom. The number of rotatable bonds is 4. The van der Waals surface area contributed by atoms with Crippen molar-refractivity contribution in [1.29, 1.82) is 0 Å². The fourth-order valence-corrected chi connectivity index (χ4v) is 1.88. The molecule has 0 fully saturated rings. The first-order chi connectivity index (χ1) is 9.95. The van der Waals surface area contributed by atoms with E-state index in [2.05, 4.69) is 15.7 Å². The second-order valence-corrected chi connectivity index (χ2v) is 5.30. The van der Waals surface area contributed by atoms with Gasteiger partial charge in [0.15, 0.2) is 0 Å². The van der Waals surface area contributed by atoms with Crippen molar-refractivity contribution in [2.75, 3.05) is 10.6 Å². The van der Waals surface area contributed by atoms with Crippen molar-refractivity contribution in [2.45, 2.75) is 32.9 Å². The van der Waals surface area contributed by atoms with Crippen LogP contribution in [0.3, 0.4) is 0 Å². The van der Waals surface area contributed by atoms with Crippen molar-refractivity contribution in [3.05, 3.63) is 42.2 Å². The van der Waals surface area contributed by atoms with Gasteiger partial charge in [0.25, 0.3) is 0 Å². The van der Waals surface area contributed by atoms with E-state index < -0.39 is 0 Å². The zero-order chi connectivity index (χ0) is 15.4. The number of aromatic nitrogens is 2. The monoisotopic (exact) mass is 287 g/mol. The smallest absolute Gasteiger partial charge is 0.323 e. The first kappa shape index (κ1) is 15.1. The van der Waals surface area contributed by atoms with Gasteiger partial charge in [-0.3, -0.25) is 4.68 Å². The molecule has 0 saturated heterocycles. The lowest BCUT2D eigenvalue weighted by Crippen LogP contribution is -2.19. The van der Waals surface area contributed by atoms with Crippen LogP contribution in [0.1, 0.15) is 38.4 Å². The van der Waals surface area contributed by atoms with Crippen LogP contribution in [0, 0.1) is 0 Å². The van der Waals surface area contributed by atoms with Gasteiger partial charge in [-0.1, -0.05) is 12.1 Å². The topological polar surface area (TPSA) is 85.0 Å². The molecule has 4 N–H and O–H groups in total. The van der Waals surface area contributed by atoms with Crippen LogP contribution in [0.2, 0.25) is 0 Å². The Morgan fingerprint density at radius 3 is 2.57 bits per heavy atom. The van der Waals surface area contributed by atoms with Crippen LogP contribution in [0.25, 0.3) is 0 Å². The van der Waals surface area contributed by atoms with Gasteiger partial charge in [-0.2, -0.15) is 5.10 Å². The number of nitrogens with two attached hydrogens (primary N) is 1. The molecule has 1 unspecified atom stereocenters. The van der Waals surface area contributed by atoms with Crippen LogP contribution < -0.4 is 16.4 Å². The average Bonchev–Trinajstić information content (AvgIpc) is 2.87. The highest BCUT2D eigenvalue weighted by atomic mass is 16.2. The van der Waals surface area contributed by atoms with Gasteiger partial charge in [-0.15, -0.1) is 0 Å². The highest BCUT2D eigenvalue weighted by molar-refractivity contribution is 5.99. The Hall–Kier alpha value is -2.34. The van der Waals surface area contributed by atoms with Gasteiger partial charge >= 0.3 is 6.03 Å². The molecule has 1 heterocycles. The van der Waals surface area contributed by atoms with Gasteiger partial charge in [0.05, 0.1) is 11.9 Å². The normalized spacial score (nSPS) is 12.2. The largest absolute Gasteiger partial charge is 0.324 e. The molecule has 0 bridgehead atoms. The van der Waals surface area contributed by atoms with E-state index in [1.807, 2.05) is 45.0 Å². The zero-order valence-corrected chi connectivity index (χ0v) is 12.5. The summed E-state index contributed by atoms with van der Waals surface area (Å²) in [5.41, 5.74) is 8.17. The Bertz CT molecular complexity index is 618. The Morgan fingerprint density at radius 2 is 1.95 bits per heavy atom. The molecule has 0 saturated carbocycles. The fourth-order valence-electron chi connectivity index (χ4n) is 1.88. The fraction of sp³-hybridized carbons (Fsp3) is 0.333. The molecule has 1 atom stereocenters. The molecule has 0 radical (unpaired) electrons.